The number of anilines is 2. The number of carbonyl (C=O) groups is 3. The van der Waals surface area contributed by atoms with Crippen molar-refractivity contribution < 1.29 is 18.8 Å². The van der Waals surface area contributed by atoms with Crippen LogP contribution in [-0.2, 0) is 9.59 Å². The lowest BCUT2D eigenvalue weighted by Gasteiger charge is -2.12. The zero-order chi connectivity index (χ0) is 32.6. The molecule has 1 aromatic heterocycles. The Morgan fingerprint density at radius 1 is 0.787 bits per heavy atom. The number of benzene rings is 5. The highest BCUT2D eigenvalue weighted by molar-refractivity contribution is 8.00. The van der Waals surface area contributed by atoms with Gasteiger partial charge in [0.25, 0.3) is 11.8 Å². The van der Waals surface area contributed by atoms with Gasteiger partial charge in [0.05, 0.1) is 11.4 Å². The largest absolute Gasteiger partial charge is 0.321 e. The zero-order valence-corrected chi connectivity index (χ0v) is 26.4. The molecular formula is C37H27FN4O3S2. The number of thioether (sulfide) groups is 1. The van der Waals surface area contributed by atoms with Gasteiger partial charge >= 0.3 is 0 Å². The molecule has 47 heavy (non-hydrogen) atoms. The Kier molecular flexibility index (Phi) is 9.81. The van der Waals surface area contributed by atoms with Crippen molar-refractivity contribution in [2.75, 3.05) is 16.4 Å². The number of nitrogens with one attached hydrogen (secondary N) is 3. The van der Waals surface area contributed by atoms with Crippen LogP contribution in [0.3, 0.4) is 0 Å². The van der Waals surface area contributed by atoms with E-state index in [1.54, 1.807) is 66.7 Å². The number of hydrogen-bond donors (Lipinski definition) is 3. The number of fused-ring (bicyclic) bond motifs is 1. The maximum atomic E-state index is 14.4. The summed E-state index contributed by atoms with van der Waals surface area (Å²) in [6.07, 6.45) is 1.29. The number of rotatable bonds is 10. The van der Waals surface area contributed by atoms with E-state index in [9.17, 15) is 18.8 Å². The lowest BCUT2D eigenvalue weighted by molar-refractivity contribution is -0.114. The minimum absolute atomic E-state index is 0.120. The SMILES string of the molecule is O=C(CSc1ccc(NC(=O)/C(=C/c2ccccc2F)NC(=O)c2ccccc2)cc1)Nc1nc(-c2ccc3ccccc3c2)cs1. The number of hydrogen-bond acceptors (Lipinski definition) is 6. The van der Waals surface area contributed by atoms with Crippen LogP contribution in [0.1, 0.15) is 15.9 Å². The van der Waals surface area contributed by atoms with Crippen molar-refractivity contribution in [3.8, 4) is 11.3 Å². The van der Waals surface area contributed by atoms with Crippen LogP contribution in [0.25, 0.3) is 28.1 Å². The van der Waals surface area contributed by atoms with Crippen molar-refractivity contribution in [2.45, 2.75) is 4.90 Å². The van der Waals surface area contributed by atoms with Gasteiger partial charge in [-0.25, -0.2) is 9.37 Å². The van der Waals surface area contributed by atoms with E-state index in [0.29, 0.717) is 16.4 Å². The van der Waals surface area contributed by atoms with E-state index in [2.05, 4.69) is 45.2 Å². The molecule has 0 saturated carbocycles. The molecule has 5 aromatic carbocycles. The van der Waals surface area contributed by atoms with Crippen LogP contribution in [0.4, 0.5) is 15.2 Å². The average molecular weight is 659 g/mol. The summed E-state index contributed by atoms with van der Waals surface area (Å²) in [6, 6.07) is 35.6. The number of nitrogens with zero attached hydrogens (tertiary/aromatic N) is 1. The maximum Gasteiger partial charge on any atom is 0.272 e. The van der Waals surface area contributed by atoms with Gasteiger partial charge in [-0.3, -0.25) is 14.4 Å². The number of halogens is 1. The first-order valence-corrected chi connectivity index (χ1v) is 16.4. The lowest BCUT2D eigenvalue weighted by atomic mass is 10.1. The highest BCUT2D eigenvalue weighted by Crippen LogP contribution is 2.28. The van der Waals surface area contributed by atoms with Crippen LogP contribution in [0.15, 0.2) is 137 Å². The molecule has 0 spiro atoms. The van der Waals surface area contributed by atoms with Crippen molar-refractivity contribution in [2.24, 2.45) is 0 Å². The summed E-state index contributed by atoms with van der Waals surface area (Å²) in [5, 5.41) is 12.9. The minimum atomic E-state index is -0.621. The molecule has 0 fully saturated rings. The minimum Gasteiger partial charge on any atom is -0.321 e. The van der Waals surface area contributed by atoms with Crippen molar-refractivity contribution in [3.63, 3.8) is 0 Å². The van der Waals surface area contributed by atoms with Crippen molar-refractivity contribution in [1.29, 1.82) is 0 Å². The van der Waals surface area contributed by atoms with Gasteiger partial charge in [0.2, 0.25) is 5.91 Å². The molecule has 0 aliphatic heterocycles. The van der Waals surface area contributed by atoms with Crippen LogP contribution in [-0.4, -0.2) is 28.5 Å². The fourth-order valence-electron chi connectivity index (χ4n) is 4.64. The third-order valence-electron chi connectivity index (χ3n) is 7.01. The van der Waals surface area contributed by atoms with Gasteiger partial charge in [-0.1, -0.05) is 72.8 Å². The van der Waals surface area contributed by atoms with Crippen LogP contribution in [0, 0.1) is 5.82 Å². The van der Waals surface area contributed by atoms with Gasteiger partial charge in [0.15, 0.2) is 5.13 Å². The first-order chi connectivity index (χ1) is 22.9. The Labute approximate surface area is 278 Å². The normalized spacial score (nSPS) is 11.2. The predicted molar refractivity (Wildman–Crippen MR) is 188 cm³/mol. The second-order valence-electron chi connectivity index (χ2n) is 10.3. The molecule has 0 radical (unpaired) electrons. The van der Waals surface area contributed by atoms with E-state index in [-0.39, 0.29) is 22.9 Å². The molecule has 0 saturated heterocycles. The summed E-state index contributed by atoms with van der Waals surface area (Å²) in [7, 11) is 0. The number of aromatic nitrogens is 1. The molecule has 0 atom stereocenters. The summed E-state index contributed by atoms with van der Waals surface area (Å²) >= 11 is 2.71. The molecule has 6 rings (SSSR count). The van der Waals surface area contributed by atoms with Gasteiger partial charge in [0, 0.05) is 32.7 Å². The van der Waals surface area contributed by atoms with Gasteiger partial charge in [-0.05, 0) is 65.4 Å². The van der Waals surface area contributed by atoms with Crippen LogP contribution in [0.2, 0.25) is 0 Å². The molecule has 3 amide bonds. The van der Waals surface area contributed by atoms with E-state index >= 15 is 0 Å². The second kappa shape index (κ2) is 14.7. The molecule has 1 heterocycles. The van der Waals surface area contributed by atoms with Gasteiger partial charge < -0.3 is 16.0 Å². The third kappa shape index (κ3) is 8.18. The zero-order valence-electron chi connectivity index (χ0n) is 24.8. The molecule has 232 valence electrons. The molecule has 6 aromatic rings. The number of amides is 3. The Bertz CT molecular complexity index is 2100. The molecule has 7 nitrogen and oxygen atoms in total. The summed E-state index contributed by atoms with van der Waals surface area (Å²) in [4.78, 5) is 44.1. The first-order valence-electron chi connectivity index (χ1n) is 14.5. The van der Waals surface area contributed by atoms with Crippen LogP contribution in [0.5, 0.6) is 0 Å². The molecule has 0 aliphatic carbocycles. The van der Waals surface area contributed by atoms with Gasteiger partial charge in [0.1, 0.15) is 11.5 Å². The summed E-state index contributed by atoms with van der Waals surface area (Å²) < 4.78 is 14.4. The van der Waals surface area contributed by atoms with E-state index in [1.165, 1.54) is 41.3 Å². The monoisotopic (exact) mass is 658 g/mol. The topological polar surface area (TPSA) is 100 Å². The van der Waals surface area contributed by atoms with E-state index in [0.717, 1.165) is 26.9 Å². The van der Waals surface area contributed by atoms with Gasteiger partial charge in [-0.15, -0.1) is 23.1 Å². The highest BCUT2D eigenvalue weighted by Gasteiger charge is 2.16. The average Bonchev–Trinajstić information content (AvgIpc) is 3.57. The standard InChI is InChI=1S/C37H27FN4O3S2/c38-31-13-7-6-12-27(31)21-32(40-35(44)25-9-2-1-3-10-25)36(45)39-29-16-18-30(19-17-29)46-23-34(43)42-37-41-33(22-47-37)28-15-14-24-8-4-5-11-26(24)20-28/h1-22H,23H2,(H,39,45)(H,40,44)(H,41,42,43)/b32-21-. The summed E-state index contributed by atoms with van der Waals surface area (Å²) in [5.74, 6) is -1.68. The van der Waals surface area contributed by atoms with E-state index in [1.807, 2.05) is 23.6 Å². The second-order valence-corrected chi connectivity index (χ2v) is 12.2. The lowest BCUT2D eigenvalue weighted by Crippen LogP contribution is -2.30. The Morgan fingerprint density at radius 2 is 1.51 bits per heavy atom. The molecule has 3 N–H and O–H groups in total. The number of carbonyl (C=O) groups excluding carboxylic acids is 3. The maximum absolute atomic E-state index is 14.4. The summed E-state index contributed by atoms with van der Waals surface area (Å²) in [5.41, 5.74) is 2.62. The van der Waals surface area contributed by atoms with Crippen molar-refractivity contribution in [3.05, 3.63) is 149 Å². The fraction of sp³-hybridized carbons (Fsp3) is 0.0270. The van der Waals surface area contributed by atoms with Crippen molar-refractivity contribution in [1.82, 2.24) is 10.3 Å². The third-order valence-corrected chi connectivity index (χ3v) is 8.78. The Balaban J connectivity index is 1.05. The first kappa shape index (κ1) is 31.4. The molecular weight excluding hydrogens is 632 g/mol. The van der Waals surface area contributed by atoms with Crippen LogP contribution < -0.4 is 16.0 Å². The van der Waals surface area contributed by atoms with Gasteiger partial charge in [-0.2, -0.15) is 0 Å². The molecule has 0 bridgehead atoms. The molecule has 10 heteroatoms. The van der Waals surface area contributed by atoms with Crippen LogP contribution >= 0.6 is 23.1 Å². The van der Waals surface area contributed by atoms with Crippen molar-refractivity contribution >= 4 is 68.5 Å². The predicted octanol–water partition coefficient (Wildman–Crippen LogP) is 8.24. The Hall–Kier alpha value is -5.58. The highest BCUT2D eigenvalue weighted by atomic mass is 32.2. The number of thiazole rings is 1. The van der Waals surface area contributed by atoms with E-state index in [4.69, 9.17) is 0 Å². The quantitative estimate of drug-likeness (QED) is 0.102. The Morgan fingerprint density at radius 3 is 2.30 bits per heavy atom. The fourth-order valence-corrected chi connectivity index (χ4v) is 6.07. The van der Waals surface area contributed by atoms with E-state index < -0.39 is 17.6 Å². The molecule has 0 aliphatic rings. The molecule has 0 unspecified atom stereocenters. The summed E-state index contributed by atoms with van der Waals surface area (Å²) in [6.45, 7) is 0. The smallest absolute Gasteiger partial charge is 0.272 e.